The number of nitriles is 1. The van der Waals surface area contributed by atoms with E-state index in [1.807, 2.05) is 80.3 Å². The molecule has 1 amide bonds. The third-order valence-electron chi connectivity index (χ3n) is 3.93. The van der Waals surface area contributed by atoms with Gasteiger partial charge in [0.2, 0.25) is 0 Å². The Morgan fingerprint density at radius 1 is 1.17 bits per heavy atom. The normalized spacial score (nSPS) is 10.8. The number of hydrogen-bond acceptors (Lipinski definition) is 3. The van der Waals surface area contributed by atoms with Gasteiger partial charge in [-0.05, 0) is 50.1 Å². The molecular weight excluding hydrogens is 298 g/mol. The molecule has 24 heavy (non-hydrogen) atoms. The number of benzene rings is 2. The van der Waals surface area contributed by atoms with Crippen molar-refractivity contribution in [1.29, 1.82) is 5.26 Å². The number of rotatable bonds is 5. The predicted molar refractivity (Wildman–Crippen MR) is 97.7 cm³/mol. The zero-order valence-electron chi connectivity index (χ0n) is 14.2. The van der Waals surface area contributed by atoms with Gasteiger partial charge in [0.05, 0.1) is 0 Å². The zero-order chi connectivity index (χ0) is 17.5. The summed E-state index contributed by atoms with van der Waals surface area (Å²) in [6.07, 6.45) is 1.59. The molecule has 0 atom stereocenters. The first-order chi connectivity index (χ1) is 11.6. The highest BCUT2D eigenvalue weighted by Gasteiger charge is 2.13. The van der Waals surface area contributed by atoms with Crippen molar-refractivity contribution in [3.8, 4) is 6.07 Å². The lowest BCUT2D eigenvalue weighted by Gasteiger charge is -2.19. The van der Waals surface area contributed by atoms with Crippen LogP contribution in [0.4, 0.5) is 11.4 Å². The van der Waals surface area contributed by atoms with Gasteiger partial charge in [0, 0.05) is 24.1 Å². The summed E-state index contributed by atoms with van der Waals surface area (Å²) in [5.41, 5.74) is 3.83. The minimum Gasteiger partial charge on any atom is -0.347 e. The first kappa shape index (κ1) is 17.3. The number of carbonyl (C=O) groups is 1. The second-order valence-corrected chi connectivity index (χ2v) is 5.48. The predicted octanol–water partition coefficient (Wildman–Crippen LogP) is 4.18. The second-order valence-electron chi connectivity index (χ2n) is 5.48. The van der Waals surface area contributed by atoms with Crippen LogP contribution in [0.25, 0.3) is 0 Å². The van der Waals surface area contributed by atoms with Crippen LogP contribution in [0, 0.1) is 25.2 Å². The van der Waals surface area contributed by atoms with Crippen molar-refractivity contribution in [2.45, 2.75) is 20.8 Å². The van der Waals surface area contributed by atoms with Gasteiger partial charge in [-0.15, -0.1) is 0 Å². The molecule has 0 spiro atoms. The highest BCUT2D eigenvalue weighted by molar-refractivity contribution is 6.07. The van der Waals surface area contributed by atoms with Gasteiger partial charge < -0.3 is 10.2 Å². The van der Waals surface area contributed by atoms with E-state index in [0.29, 0.717) is 6.54 Å². The molecule has 4 heteroatoms. The van der Waals surface area contributed by atoms with E-state index in [1.54, 1.807) is 6.20 Å². The van der Waals surface area contributed by atoms with E-state index in [9.17, 15) is 10.1 Å². The van der Waals surface area contributed by atoms with Crippen LogP contribution >= 0.6 is 0 Å². The third kappa shape index (κ3) is 4.02. The molecule has 0 aliphatic rings. The van der Waals surface area contributed by atoms with E-state index in [-0.39, 0.29) is 5.57 Å². The van der Waals surface area contributed by atoms with Gasteiger partial charge in [0.25, 0.3) is 5.91 Å². The van der Waals surface area contributed by atoms with Crippen LogP contribution in [0.15, 0.2) is 60.3 Å². The Kier molecular flexibility index (Phi) is 5.75. The van der Waals surface area contributed by atoms with Gasteiger partial charge in [-0.2, -0.15) is 5.26 Å². The summed E-state index contributed by atoms with van der Waals surface area (Å²) in [4.78, 5) is 14.3. The van der Waals surface area contributed by atoms with Crippen molar-refractivity contribution in [3.63, 3.8) is 0 Å². The van der Waals surface area contributed by atoms with E-state index in [2.05, 4.69) is 5.32 Å². The molecule has 2 rings (SSSR count). The van der Waals surface area contributed by atoms with Crippen LogP contribution in [0.2, 0.25) is 0 Å². The van der Waals surface area contributed by atoms with E-state index in [4.69, 9.17) is 0 Å². The highest BCUT2D eigenvalue weighted by atomic mass is 16.1. The molecule has 0 unspecified atom stereocenters. The average molecular weight is 319 g/mol. The molecule has 0 heterocycles. The molecule has 4 nitrogen and oxygen atoms in total. The summed E-state index contributed by atoms with van der Waals surface area (Å²) < 4.78 is 0. The Hall–Kier alpha value is -3.06. The number of aryl methyl sites for hydroxylation is 1. The SMILES string of the molecule is CCN(/C=C(/C#N)C(=O)Nc1cccc(C)c1C)c1ccccc1. The maximum atomic E-state index is 12.5. The largest absolute Gasteiger partial charge is 0.347 e. The highest BCUT2D eigenvalue weighted by Crippen LogP contribution is 2.19. The fraction of sp³-hybridized carbons (Fsp3) is 0.200. The molecule has 0 aromatic heterocycles. The average Bonchev–Trinajstić information content (AvgIpc) is 2.60. The van der Waals surface area contributed by atoms with Crippen LogP contribution in [0.1, 0.15) is 18.1 Å². The quantitative estimate of drug-likeness (QED) is 0.664. The van der Waals surface area contributed by atoms with Crippen LogP contribution in [0.5, 0.6) is 0 Å². The molecule has 2 aromatic carbocycles. The Morgan fingerprint density at radius 2 is 1.88 bits per heavy atom. The maximum Gasteiger partial charge on any atom is 0.267 e. The fourth-order valence-electron chi connectivity index (χ4n) is 2.34. The van der Waals surface area contributed by atoms with Gasteiger partial charge >= 0.3 is 0 Å². The van der Waals surface area contributed by atoms with Gasteiger partial charge in [-0.25, -0.2) is 0 Å². The smallest absolute Gasteiger partial charge is 0.267 e. The lowest BCUT2D eigenvalue weighted by molar-refractivity contribution is -0.112. The third-order valence-corrected chi connectivity index (χ3v) is 3.93. The molecule has 0 radical (unpaired) electrons. The lowest BCUT2D eigenvalue weighted by Crippen LogP contribution is -2.21. The molecule has 122 valence electrons. The van der Waals surface area contributed by atoms with Crippen molar-refractivity contribution in [3.05, 3.63) is 71.4 Å². The van der Waals surface area contributed by atoms with Gasteiger partial charge in [-0.1, -0.05) is 30.3 Å². The van der Waals surface area contributed by atoms with Crippen LogP contribution in [-0.4, -0.2) is 12.5 Å². The molecule has 0 saturated heterocycles. The number of para-hydroxylation sites is 1. The summed E-state index contributed by atoms with van der Waals surface area (Å²) in [6, 6.07) is 17.4. The Bertz CT molecular complexity index is 788. The van der Waals surface area contributed by atoms with E-state index >= 15 is 0 Å². The number of amides is 1. The molecular formula is C20H21N3O. The van der Waals surface area contributed by atoms with Crippen molar-refractivity contribution < 1.29 is 4.79 Å². The van der Waals surface area contributed by atoms with Crippen molar-refractivity contribution in [2.75, 3.05) is 16.8 Å². The minimum atomic E-state index is -0.402. The minimum absolute atomic E-state index is 0.0709. The van der Waals surface area contributed by atoms with E-state index in [1.165, 1.54) is 0 Å². The number of nitrogens with one attached hydrogen (secondary N) is 1. The van der Waals surface area contributed by atoms with Gasteiger partial charge in [0.1, 0.15) is 11.6 Å². The first-order valence-corrected chi connectivity index (χ1v) is 7.88. The zero-order valence-corrected chi connectivity index (χ0v) is 14.2. The first-order valence-electron chi connectivity index (χ1n) is 7.88. The molecule has 2 aromatic rings. The summed E-state index contributed by atoms with van der Waals surface area (Å²) in [6.45, 7) is 6.57. The standard InChI is InChI=1S/C20H21N3O/c1-4-23(18-10-6-5-7-11-18)14-17(13-21)20(24)22-19-12-8-9-15(2)16(19)3/h5-12,14H,4H2,1-3H3,(H,22,24)/b17-14-. The maximum absolute atomic E-state index is 12.5. The summed E-state index contributed by atoms with van der Waals surface area (Å²) in [5.74, 6) is -0.402. The fourth-order valence-corrected chi connectivity index (χ4v) is 2.34. The Balaban J connectivity index is 2.25. The number of carbonyl (C=O) groups excluding carboxylic acids is 1. The molecule has 0 bridgehead atoms. The topological polar surface area (TPSA) is 56.1 Å². The Labute approximate surface area is 143 Å². The van der Waals surface area contributed by atoms with Crippen LogP contribution < -0.4 is 10.2 Å². The second kappa shape index (κ2) is 7.98. The molecule has 0 aliphatic heterocycles. The van der Waals surface area contributed by atoms with Crippen molar-refractivity contribution in [2.24, 2.45) is 0 Å². The molecule has 1 N–H and O–H groups in total. The molecule has 0 fully saturated rings. The lowest BCUT2D eigenvalue weighted by atomic mass is 10.1. The van der Waals surface area contributed by atoms with Gasteiger partial charge in [0.15, 0.2) is 0 Å². The number of anilines is 2. The summed E-state index contributed by atoms with van der Waals surface area (Å²) in [5, 5.41) is 12.2. The Morgan fingerprint density at radius 3 is 2.50 bits per heavy atom. The monoisotopic (exact) mass is 319 g/mol. The number of hydrogen-bond donors (Lipinski definition) is 1. The van der Waals surface area contributed by atoms with Crippen molar-refractivity contribution in [1.82, 2.24) is 0 Å². The van der Waals surface area contributed by atoms with Crippen LogP contribution in [0.3, 0.4) is 0 Å². The molecule has 0 saturated carbocycles. The van der Waals surface area contributed by atoms with Crippen molar-refractivity contribution >= 4 is 17.3 Å². The number of nitrogens with zero attached hydrogens (tertiary/aromatic N) is 2. The van der Waals surface area contributed by atoms with E-state index < -0.39 is 5.91 Å². The van der Waals surface area contributed by atoms with Crippen LogP contribution in [-0.2, 0) is 4.79 Å². The van der Waals surface area contributed by atoms with E-state index in [0.717, 1.165) is 22.5 Å². The van der Waals surface area contributed by atoms with Gasteiger partial charge in [-0.3, -0.25) is 4.79 Å². The molecule has 0 aliphatic carbocycles. The summed E-state index contributed by atoms with van der Waals surface area (Å²) in [7, 11) is 0. The summed E-state index contributed by atoms with van der Waals surface area (Å²) >= 11 is 0.